The van der Waals surface area contributed by atoms with Crippen LogP contribution in [-0.4, -0.2) is 40.4 Å². The summed E-state index contributed by atoms with van der Waals surface area (Å²) >= 11 is 0. The van der Waals surface area contributed by atoms with Crippen molar-refractivity contribution in [2.45, 2.75) is 19.9 Å². The number of nitrogens with zero attached hydrogens (tertiary/aromatic N) is 1. The number of guanidine groups is 1. The molecule has 0 aliphatic carbocycles. The second-order valence-electron chi connectivity index (χ2n) is 6.08. The molecule has 0 aliphatic heterocycles. The molecule has 7 heteroatoms. The monoisotopic (exact) mass is 499 g/mol. The lowest BCUT2D eigenvalue weighted by Gasteiger charge is -2.14. The quantitative estimate of drug-likeness (QED) is 0.234. The predicted octanol–water partition coefficient (Wildman–Crippen LogP) is 4.22. The highest BCUT2D eigenvalue weighted by atomic mass is 127. The maximum atomic E-state index is 5.74. The van der Waals surface area contributed by atoms with Crippen LogP contribution in [0.4, 0.5) is 5.69 Å². The second kappa shape index (κ2) is 13.2. The van der Waals surface area contributed by atoms with E-state index in [-0.39, 0.29) is 24.0 Å². The normalized spacial score (nSPS) is 10.8. The van der Waals surface area contributed by atoms with Crippen LogP contribution in [0.2, 0.25) is 0 Å². The van der Waals surface area contributed by atoms with Crippen molar-refractivity contribution in [2.24, 2.45) is 4.99 Å². The van der Waals surface area contributed by atoms with Crippen LogP contribution in [0.15, 0.2) is 47.5 Å². The van der Waals surface area contributed by atoms with Crippen molar-refractivity contribution in [3.63, 3.8) is 0 Å². The minimum Gasteiger partial charge on any atom is -0.496 e. The molecule has 2 rings (SSSR count). The topological polar surface area (TPSA) is 64.1 Å². The van der Waals surface area contributed by atoms with Gasteiger partial charge in [-0.05, 0) is 36.2 Å². The molecule has 0 saturated carbocycles. The van der Waals surface area contributed by atoms with Crippen molar-refractivity contribution >= 4 is 35.6 Å². The lowest BCUT2D eigenvalue weighted by atomic mass is 10.1. The average molecular weight is 499 g/mol. The highest BCUT2D eigenvalue weighted by molar-refractivity contribution is 14.0. The predicted molar refractivity (Wildman–Crippen MR) is 125 cm³/mol. The van der Waals surface area contributed by atoms with Crippen molar-refractivity contribution in [3.05, 3.63) is 53.6 Å². The molecular formula is C21H30IN3O3. The van der Waals surface area contributed by atoms with E-state index < -0.39 is 0 Å². The third-order valence-corrected chi connectivity index (χ3v) is 4.01. The summed E-state index contributed by atoms with van der Waals surface area (Å²) in [6.07, 6.45) is 0.859. The van der Waals surface area contributed by atoms with Crippen molar-refractivity contribution in [1.29, 1.82) is 0 Å². The number of aliphatic imine (C=N–C) groups is 1. The Morgan fingerprint density at radius 2 is 1.89 bits per heavy atom. The first-order chi connectivity index (χ1) is 13.2. The zero-order chi connectivity index (χ0) is 19.5. The van der Waals surface area contributed by atoms with Gasteiger partial charge in [0.1, 0.15) is 11.5 Å². The molecule has 6 nitrogen and oxygen atoms in total. The van der Waals surface area contributed by atoms with Crippen LogP contribution in [-0.2, 0) is 11.3 Å². The zero-order valence-corrected chi connectivity index (χ0v) is 19.3. The number of aryl methyl sites for hydroxylation is 1. The Kier molecular flexibility index (Phi) is 11.4. The van der Waals surface area contributed by atoms with Crippen LogP contribution in [0.3, 0.4) is 0 Å². The van der Waals surface area contributed by atoms with Crippen LogP contribution in [0.5, 0.6) is 11.5 Å². The minimum atomic E-state index is 0. The van der Waals surface area contributed by atoms with Gasteiger partial charge in [0.25, 0.3) is 0 Å². The highest BCUT2D eigenvalue weighted by Gasteiger charge is 2.04. The Hall–Kier alpha value is -2.00. The molecule has 2 aromatic carbocycles. The third-order valence-electron chi connectivity index (χ3n) is 4.01. The summed E-state index contributed by atoms with van der Waals surface area (Å²) in [5, 5.41) is 6.59. The summed E-state index contributed by atoms with van der Waals surface area (Å²) in [6, 6.07) is 14.0. The average Bonchev–Trinajstić information content (AvgIpc) is 2.69. The molecule has 0 saturated heterocycles. The van der Waals surface area contributed by atoms with Crippen molar-refractivity contribution in [2.75, 3.05) is 39.8 Å². The van der Waals surface area contributed by atoms with Gasteiger partial charge >= 0.3 is 0 Å². The van der Waals surface area contributed by atoms with Crippen molar-refractivity contribution < 1.29 is 14.2 Å². The number of nitrogens with one attached hydrogen (secondary N) is 2. The van der Waals surface area contributed by atoms with E-state index in [9.17, 15) is 0 Å². The number of rotatable bonds is 9. The van der Waals surface area contributed by atoms with Gasteiger partial charge in [-0.2, -0.15) is 0 Å². The van der Waals surface area contributed by atoms with Crippen LogP contribution in [0.1, 0.15) is 17.5 Å². The molecule has 2 aromatic rings. The zero-order valence-electron chi connectivity index (χ0n) is 17.0. The fourth-order valence-electron chi connectivity index (χ4n) is 2.53. The number of hydrogen-bond acceptors (Lipinski definition) is 4. The molecule has 0 unspecified atom stereocenters. The molecule has 0 aromatic heterocycles. The first-order valence-corrected chi connectivity index (χ1v) is 8.99. The minimum absolute atomic E-state index is 0. The lowest BCUT2D eigenvalue weighted by molar-refractivity contribution is 0.172. The fraction of sp³-hybridized carbons (Fsp3) is 0.381. The van der Waals surface area contributed by atoms with E-state index in [0.717, 1.165) is 34.7 Å². The SMILES string of the molecule is CN=C(NCc1ccc(C)c(OC)c1)Nc1cccc(OCCCOC)c1.I. The molecule has 154 valence electrons. The Morgan fingerprint density at radius 3 is 2.61 bits per heavy atom. The standard InChI is InChI=1S/C21H29N3O3.HI/c1-16-9-10-17(13-20(16)26-4)15-23-21(22-2)24-18-7-5-8-19(14-18)27-12-6-11-25-3;/h5,7-10,13-14H,6,11-12,15H2,1-4H3,(H2,22,23,24);1H. The van der Waals surface area contributed by atoms with Gasteiger partial charge in [0, 0.05) is 45.5 Å². The Morgan fingerprint density at radius 1 is 1.07 bits per heavy atom. The number of anilines is 1. The van der Waals surface area contributed by atoms with E-state index in [0.29, 0.717) is 25.7 Å². The Labute approximate surface area is 184 Å². The smallest absolute Gasteiger partial charge is 0.195 e. The van der Waals surface area contributed by atoms with E-state index in [1.165, 1.54) is 0 Å². The number of methoxy groups -OCH3 is 2. The van der Waals surface area contributed by atoms with Crippen molar-refractivity contribution in [1.82, 2.24) is 5.32 Å². The fourth-order valence-corrected chi connectivity index (χ4v) is 2.53. The number of hydrogen-bond donors (Lipinski definition) is 2. The number of halogens is 1. The van der Waals surface area contributed by atoms with Gasteiger partial charge in [-0.3, -0.25) is 4.99 Å². The molecule has 0 amide bonds. The van der Waals surface area contributed by atoms with E-state index in [1.54, 1.807) is 21.3 Å². The molecule has 2 N–H and O–H groups in total. The molecule has 0 bridgehead atoms. The van der Waals surface area contributed by atoms with Crippen LogP contribution in [0, 0.1) is 6.92 Å². The number of ether oxygens (including phenoxy) is 3. The third kappa shape index (κ3) is 7.93. The molecule has 0 fully saturated rings. The maximum Gasteiger partial charge on any atom is 0.195 e. The first kappa shape index (κ1) is 24.0. The Bertz CT molecular complexity index is 753. The molecule has 0 atom stereocenters. The molecular weight excluding hydrogens is 469 g/mol. The molecule has 0 aliphatic rings. The van der Waals surface area contributed by atoms with E-state index in [2.05, 4.69) is 27.8 Å². The largest absolute Gasteiger partial charge is 0.496 e. The van der Waals surface area contributed by atoms with Gasteiger partial charge in [-0.25, -0.2) is 0 Å². The van der Waals surface area contributed by atoms with E-state index in [1.807, 2.05) is 37.3 Å². The second-order valence-corrected chi connectivity index (χ2v) is 6.08. The van der Waals surface area contributed by atoms with Crippen LogP contribution >= 0.6 is 24.0 Å². The number of benzene rings is 2. The summed E-state index contributed by atoms with van der Waals surface area (Å²) in [5.41, 5.74) is 3.15. The van der Waals surface area contributed by atoms with Gasteiger partial charge < -0.3 is 24.8 Å². The summed E-state index contributed by atoms with van der Waals surface area (Å²) in [4.78, 5) is 4.28. The molecule has 0 spiro atoms. The maximum absolute atomic E-state index is 5.74. The van der Waals surface area contributed by atoms with Gasteiger partial charge in [-0.1, -0.05) is 18.2 Å². The summed E-state index contributed by atoms with van der Waals surface area (Å²) in [5.74, 6) is 2.39. The van der Waals surface area contributed by atoms with Crippen LogP contribution in [0.25, 0.3) is 0 Å². The highest BCUT2D eigenvalue weighted by Crippen LogP contribution is 2.19. The van der Waals surface area contributed by atoms with Gasteiger partial charge in [0.2, 0.25) is 0 Å². The van der Waals surface area contributed by atoms with E-state index >= 15 is 0 Å². The summed E-state index contributed by atoms with van der Waals surface area (Å²) < 4.78 is 16.1. The molecule has 28 heavy (non-hydrogen) atoms. The van der Waals surface area contributed by atoms with Crippen molar-refractivity contribution in [3.8, 4) is 11.5 Å². The van der Waals surface area contributed by atoms with Gasteiger partial charge in [0.05, 0.1) is 13.7 Å². The first-order valence-electron chi connectivity index (χ1n) is 8.99. The summed E-state index contributed by atoms with van der Waals surface area (Å²) in [7, 11) is 5.12. The Balaban J connectivity index is 0.00000392. The van der Waals surface area contributed by atoms with E-state index in [4.69, 9.17) is 14.2 Å². The van der Waals surface area contributed by atoms with Crippen LogP contribution < -0.4 is 20.1 Å². The summed E-state index contributed by atoms with van der Waals surface area (Å²) in [6.45, 7) is 3.99. The van der Waals surface area contributed by atoms with Gasteiger partial charge in [0.15, 0.2) is 5.96 Å². The van der Waals surface area contributed by atoms with Gasteiger partial charge in [-0.15, -0.1) is 24.0 Å². The molecule has 0 radical (unpaired) electrons. The lowest BCUT2D eigenvalue weighted by Crippen LogP contribution is -2.30. The molecule has 0 heterocycles.